The SMILES string of the molecule is C[C@H]1CC(=O)c2c(Nc3ccc(Cl)cc3)nn(-c3ccccc3)c2C1. The number of hydrogen-bond acceptors (Lipinski definition) is 3. The highest BCUT2D eigenvalue weighted by atomic mass is 35.5. The normalized spacial score (nSPS) is 16.6. The first-order valence-electron chi connectivity index (χ1n) is 8.35. The van der Waals surface area contributed by atoms with Gasteiger partial charge in [0, 0.05) is 17.1 Å². The maximum absolute atomic E-state index is 12.7. The molecule has 0 amide bonds. The van der Waals surface area contributed by atoms with Crippen molar-refractivity contribution in [1.82, 2.24) is 9.78 Å². The zero-order valence-electron chi connectivity index (χ0n) is 13.9. The molecule has 1 aromatic heterocycles. The minimum Gasteiger partial charge on any atom is -0.338 e. The molecule has 1 heterocycles. The Hall–Kier alpha value is -2.59. The molecule has 4 rings (SSSR count). The van der Waals surface area contributed by atoms with Crippen LogP contribution in [0.5, 0.6) is 0 Å². The summed E-state index contributed by atoms with van der Waals surface area (Å²) in [6.45, 7) is 2.11. The van der Waals surface area contributed by atoms with E-state index in [2.05, 4.69) is 12.2 Å². The number of aromatic nitrogens is 2. The molecule has 0 aliphatic heterocycles. The maximum atomic E-state index is 12.7. The van der Waals surface area contributed by atoms with E-state index in [-0.39, 0.29) is 5.78 Å². The first-order chi connectivity index (χ1) is 12.1. The van der Waals surface area contributed by atoms with Gasteiger partial charge in [0.05, 0.1) is 16.9 Å². The molecular formula is C20H18ClN3O. The Labute approximate surface area is 151 Å². The summed E-state index contributed by atoms with van der Waals surface area (Å²) in [4.78, 5) is 12.7. The first-order valence-corrected chi connectivity index (χ1v) is 8.72. The lowest BCUT2D eigenvalue weighted by Gasteiger charge is -2.19. The third kappa shape index (κ3) is 3.05. The number of nitrogens with one attached hydrogen (secondary N) is 1. The molecule has 0 spiro atoms. The number of fused-ring (bicyclic) bond motifs is 1. The fourth-order valence-electron chi connectivity index (χ4n) is 3.30. The summed E-state index contributed by atoms with van der Waals surface area (Å²) in [6, 6.07) is 17.3. The average molecular weight is 352 g/mol. The molecule has 5 heteroatoms. The quantitative estimate of drug-likeness (QED) is 0.719. The number of Topliss-reactive ketones (excluding diaryl/α,β-unsaturated/α-hetero) is 1. The van der Waals surface area contributed by atoms with E-state index < -0.39 is 0 Å². The third-order valence-corrected chi connectivity index (χ3v) is 4.70. The number of hydrogen-bond donors (Lipinski definition) is 1. The molecule has 1 aliphatic carbocycles. The second-order valence-corrected chi connectivity index (χ2v) is 6.92. The lowest BCUT2D eigenvalue weighted by Crippen LogP contribution is -2.19. The van der Waals surface area contributed by atoms with E-state index in [0.29, 0.717) is 28.7 Å². The molecule has 0 saturated heterocycles. The minimum absolute atomic E-state index is 0.146. The first kappa shape index (κ1) is 15.9. The number of carbonyl (C=O) groups excluding carboxylic acids is 1. The number of halogens is 1. The van der Waals surface area contributed by atoms with Crippen LogP contribution in [0.2, 0.25) is 5.02 Å². The summed E-state index contributed by atoms with van der Waals surface area (Å²) in [7, 11) is 0. The van der Waals surface area contributed by atoms with Crippen LogP contribution >= 0.6 is 11.6 Å². The third-order valence-electron chi connectivity index (χ3n) is 4.44. The van der Waals surface area contributed by atoms with E-state index in [0.717, 1.165) is 23.5 Å². The van der Waals surface area contributed by atoms with Crippen LogP contribution in [0.1, 0.15) is 29.4 Å². The molecular weight excluding hydrogens is 334 g/mol. The summed E-state index contributed by atoms with van der Waals surface area (Å²) >= 11 is 5.95. The Morgan fingerprint density at radius 2 is 1.80 bits per heavy atom. The van der Waals surface area contributed by atoms with Gasteiger partial charge in [-0.1, -0.05) is 36.7 Å². The summed E-state index contributed by atoms with van der Waals surface area (Å²) in [5.41, 5.74) is 3.50. The van der Waals surface area contributed by atoms with Crippen molar-refractivity contribution in [2.24, 2.45) is 5.92 Å². The molecule has 4 nitrogen and oxygen atoms in total. The molecule has 1 atom stereocenters. The van der Waals surface area contributed by atoms with Crippen molar-refractivity contribution in [3.05, 3.63) is 70.9 Å². The molecule has 126 valence electrons. The van der Waals surface area contributed by atoms with Crippen LogP contribution in [0.3, 0.4) is 0 Å². The number of ketones is 1. The second kappa shape index (κ2) is 6.37. The second-order valence-electron chi connectivity index (χ2n) is 6.49. The van der Waals surface area contributed by atoms with Crippen molar-refractivity contribution < 1.29 is 4.79 Å². The van der Waals surface area contributed by atoms with Crippen LogP contribution < -0.4 is 5.32 Å². The van der Waals surface area contributed by atoms with Crippen molar-refractivity contribution >= 4 is 28.9 Å². The molecule has 0 saturated carbocycles. The summed E-state index contributed by atoms with van der Waals surface area (Å²) in [6.07, 6.45) is 1.40. The Balaban J connectivity index is 1.82. The zero-order chi connectivity index (χ0) is 17.4. The van der Waals surface area contributed by atoms with E-state index in [1.165, 1.54) is 0 Å². The van der Waals surface area contributed by atoms with Crippen molar-refractivity contribution in [3.63, 3.8) is 0 Å². The molecule has 1 aliphatic rings. The van der Waals surface area contributed by atoms with Crippen LogP contribution in [-0.4, -0.2) is 15.6 Å². The number of benzene rings is 2. The van der Waals surface area contributed by atoms with E-state index >= 15 is 0 Å². The average Bonchev–Trinajstić information content (AvgIpc) is 2.96. The number of anilines is 2. The fraction of sp³-hybridized carbons (Fsp3) is 0.200. The van der Waals surface area contributed by atoms with Gasteiger partial charge in [0.15, 0.2) is 11.6 Å². The van der Waals surface area contributed by atoms with Crippen LogP contribution in [0.15, 0.2) is 54.6 Å². The van der Waals surface area contributed by atoms with Gasteiger partial charge in [0.25, 0.3) is 0 Å². The lowest BCUT2D eigenvalue weighted by atomic mass is 9.87. The summed E-state index contributed by atoms with van der Waals surface area (Å²) < 4.78 is 1.89. The number of nitrogens with zero attached hydrogens (tertiary/aromatic N) is 2. The standard InChI is InChI=1S/C20H18ClN3O/c1-13-11-17-19(18(25)12-13)20(22-15-9-7-14(21)8-10-15)23-24(17)16-5-3-2-4-6-16/h2-10,13H,11-12H2,1H3,(H,22,23)/t13-/m1/s1. The van der Waals surface area contributed by atoms with E-state index in [1.807, 2.05) is 59.3 Å². The van der Waals surface area contributed by atoms with Crippen LogP contribution in [0.25, 0.3) is 5.69 Å². The molecule has 3 aromatic rings. The van der Waals surface area contributed by atoms with Crippen LogP contribution in [0, 0.1) is 5.92 Å². The molecule has 0 radical (unpaired) electrons. The lowest BCUT2D eigenvalue weighted by molar-refractivity contribution is 0.0953. The van der Waals surface area contributed by atoms with Gasteiger partial charge in [-0.2, -0.15) is 0 Å². The van der Waals surface area contributed by atoms with E-state index in [4.69, 9.17) is 16.7 Å². The van der Waals surface area contributed by atoms with E-state index in [9.17, 15) is 4.79 Å². The molecule has 25 heavy (non-hydrogen) atoms. The highest BCUT2D eigenvalue weighted by Crippen LogP contribution is 2.33. The van der Waals surface area contributed by atoms with Crippen molar-refractivity contribution in [2.45, 2.75) is 19.8 Å². The molecule has 2 aromatic carbocycles. The summed E-state index contributed by atoms with van der Waals surface area (Å²) in [5.74, 6) is 1.08. The Bertz CT molecular complexity index is 916. The fourth-order valence-corrected chi connectivity index (χ4v) is 3.42. The van der Waals surface area contributed by atoms with Gasteiger partial charge < -0.3 is 5.32 Å². The van der Waals surface area contributed by atoms with Gasteiger partial charge in [-0.15, -0.1) is 5.10 Å². The Morgan fingerprint density at radius 1 is 1.08 bits per heavy atom. The van der Waals surface area contributed by atoms with Gasteiger partial charge in [0.2, 0.25) is 0 Å². The Kier molecular flexibility index (Phi) is 4.06. The molecule has 0 fully saturated rings. The minimum atomic E-state index is 0.146. The van der Waals surface area contributed by atoms with Crippen LogP contribution in [-0.2, 0) is 6.42 Å². The molecule has 0 bridgehead atoms. The van der Waals surface area contributed by atoms with Gasteiger partial charge >= 0.3 is 0 Å². The Morgan fingerprint density at radius 3 is 2.52 bits per heavy atom. The highest BCUT2D eigenvalue weighted by molar-refractivity contribution is 6.30. The monoisotopic (exact) mass is 351 g/mol. The van der Waals surface area contributed by atoms with Crippen molar-refractivity contribution in [1.29, 1.82) is 0 Å². The van der Waals surface area contributed by atoms with Crippen LogP contribution in [0.4, 0.5) is 11.5 Å². The maximum Gasteiger partial charge on any atom is 0.168 e. The van der Waals surface area contributed by atoms with Crippen molar-refractivity contribution in [2.75, 3.05) is 5.32 Å². The van der Waals surface area contributed by atoms with Crippen molar-refractivity contribution in [3.8, 4) is 5.69 Å². The highest BCUT2D eigenvalue weighted by Gasteiger charge is 2.31. The van der Waals surface area contributed by atoms with Gasteiger partial charge in [-0.05, 0) is 48.7 Å². The predicted molar refractivity (Wildman–Crippen MR) is 100 cm³/mol. The number of rotatable bonds is 3. The number of carbonyl (C=O) groups is 1. The van der Waals surface area contributed by atoms with Gasteiger partial charge in [-0.25, -0.2) is 4.68 Å². The smallest absolute Gasteiger partial charge is 0.168 e. The predicted octanol–water partition coefficient (Wildman–Crippen LogP) is 5.03. The molecule has 1 N–H and O–H groups in total. The largest absolute Gasteiger partial charge is 0.338 e. The molecule has 0 unspecified atom stereocenters. The topological polar surface area (TPSA) is 46.9 Å². The number of para-hydroxylation sites is 1. The van der Waals surface area contributed by atoms with E-state index in [1.54, 1.807) is 0 Å². The zero-order valence-corrected chi connectivity index (χ0v) is 14.6. The van der Waals surface area contributed by atoms with Gasteiger partial charge in [0.1, 0.15) is 0 Å². The summed E-state index contributed by atoms with van der Waals surface area (Å²) in [5, 5.41) is 8.67. The van der Waals surface area contributed by atoms with Gasteiger partial charge in [-0.3, -0.25) is 4.79 Å².